The molecule has 0 aliphatic rings. The highest BCUT2D eigenvalue weighted by molar-refractivity contribution is 5.06. The van der Waals surface area contributed by atoms with E-state index >= 15 is 0 Å². The number of ether oxygens (including phenoxy) is 1. The Kier molecular flexibility index (Phi) is 6.11. The van der Waals surface area contributed by atoms with Crippen LogP contribution in [0.25, 0.3) is 0 Å². The predicted octanol–water partition coefficient (Wildman–Crippen LogP) is 1.52. The Labute approximate surface area is 98.0 Å². The van der Waals surface area contributed by atoms with Crippen molar-refractivity contribution in [3.63, 3.8) is 0 Å². The fraction of sp³-hybridized carbons (Fsp3) is 0.750. The number of hydrogen-bond donors (Lipinski definition) is 1. The van der Waals surface area contributed by atoms with Crippen molar-refractivity contribution in [1.82, 2.24) is 15.1 Å². The van der Waals surface area contributed by atoms with Gasteiger partial charge in [-0.25, -0.2) is 0 Å². The maximum absolute atomic E-state index is 5.24. The van der Waals surface area contributed by atoms with Crippen LogP contribution < -0.4 is 5.32 Å². The molecule has 0 aliphatic heterocycles. The summed E-state index contributed by atoms with van der Waals surface area (Å²) in [5, 5.41) is 7.77. The molecule has 0 bridgehead atoms. The summed E-state index contributed by atoms with van der Waals surface area (Å²) < 4.78 is 7.31. The smallest absolute Gasteiger partial charge is 0.0596 e. The van der Waals surface area contributed by atoms with E-state index < -0.39 is 0 Å². The first-order valence-corrected chi connectivity index (χ1v) is 6.03. The Morgan fingerprint density at radius 2 is 2.19 bits per heavy atom. The van der Waals surface area contributed by atoms with E-state index in [9.17, 15) is 0 Å². The van der Waals surface area contributed by atoms with Crippen LogP contribution in [0.3, 0.4) is 0 Å². The van der Waals surface area contributed by atoms with E-state index in [4.69, 9.17) is 4.74 Å². The topological polar surface area (TPSA) is 39.1 Å². The van der Waals surface area contributed by atoms with Gasteiger partial charge in [-0.3, -0.25) is 4.68 Å². The summed E-state index contributed by atoms with van der Waals surface area (Å²) in [6.07, 6.45) is 1.11. The zero-order chi connectivity index (χ0) is 11.8. The number of aromatic nitrogens is 2. The number of nitrogens with one attached hydrogen (secondary N) is 1. The second-order valence-electron chi connectivity index (χ2n) is 3.95. The fourth-order valence-electron chi connectivity index (χ4n) is 1.67. The molecule has 0 aliphatic carbocycles. The van der Waals surface area contributed by atoms with Gasteiger partial charge in [0.2, 0.25) is 0 Å². The Morgan fingerprint density at radius 3 is 2.81 bits per heavy atom. The summed E-state index contributed by atoms with van der Waals surface area (Å²) in [5.41, 5.74) is 2.34. The molecule has 0 aromatic carbocycles. The van der Waals surface area contributed by atoms with Gasteiger partial charge in [-0.1, -0.05) is 0 Å². The highest BCUT2D eigenvalue weighted by atomic mass is 16.5. The molecular weight excluding hydrogens is 202 g/mol. The van der Waals surface area contributed by atoms with E-state index in [0.29, 0.717) is 0 Å². The third kappa shape index (κ3) is 4.77. The van der Waals surface area contributed by atoms with Crippen molar-refractivity contribution in [2.45, 2.75) is 33.7 Å². The molecular formula is C12H23N3O. The first-order valence-electron chi connectivity index (χ1n) is 6.03. The third-order valence-electron chi connectivity index (χ3n) is 2.45. The predicted molar refractivity (Wildman–Crippen MR) is 65.7 cm³/mol. The number of hydrogen-bond acceptors (Lipinski definition) is 3. The molecule has 0 unspecified atom stereocenters. The Bertz CT molecular complexity index is 296. The van der Waals surface area contributed by atoms with Crippen LogP contribution in [-0.2, 0) is 11.3 Å². The SMILES string of the molecule is CCOCCNCCCn1nc(C)cc1C. The molecule has 1 aromatic rings. The molecule has 0 spiro atoms. The van der Waals surface area contributed by atoms with Crippen molar-refractivity contribution in [2.75, 3.05) is 26.3 Å². The van der Waals surface area contributed by atoms with Crippen molar-refractivity contribution in [3.05, 3.63) is 17.5 Å². The molecule has 0 radical (unpaired) electrons. The summed E-state index contributed by atoms with van der Waals surface area (Å²) in [6.45, 7) is 10.7. The molecule has 0 saturated heterocycles. The van der Waals surface area contributed by atoms with Crippen molar-refractivity contribution in [3.8, 4) is 0 Å². The van der Waals surface area contributed by atoms with Crippen molar-refractivity contribution < 1.29 is 4.74 Å². The van der Waals surface area contributed by atoms with Gasteiger partial charge in [-0.05, 0) is 39.8 Å². The van der Waals surface area contributed by atoms with Gasteiger partial charge in [0.1, 0.15) is 0 Å². The van der Waals surface area contributed by atoms with E-state index in [2.05, 4.69) is 28.1 Å². The highest BCUT2D eigenvalue weighted by Crippen LogP contribution is 2.01. The zero-order valence-corrected chi connectivity index (χ0v) is 10.6. The van der Waals surface area contributed by atoms with Crippen LogP contribution in [0.1, 0.15) is 24.7 Å². The van der Waals surface area contributed by atoms with Gasteiger partial charge < -0.3 is 10.1 Å². The van der Waals surface area contributed by atoms with Crippen LogP contribution in [0.5, 0.6) is 0 Å². The van der Waals surface area contributed by atoms with Crippen molar-refractivity contribution >= 4 is 0 Å². The normalized spacial score (nSPS) is 10.9. The number of rotatable bonds is 8. The first kappa shape index (κ1) is 13.2. The van der Waals surface area contributed by atoms with Gasteiger partial charge >= 0.3 is 0 Å². The first-order chi connectivity index (χ1) is 7.74. The molecule has 1 heterocycles. The van der Waals surface area contributed by atoms with Crippen LogP contribution >= 0.6 is 0 Å². The van der Waals surface area contributed by atoms with Gasteiger partial charge in [-0.2, -0.15) is 5.10 Å². The van der Waals surface area contributed by atoms with Crippen molar-refractivity contribution in [1.29, 1.82) is 0 Å². The molecule has 1 rings (SSSR count). The average Bonchev–Trinajstić information content (AvgIpc) is 2.56. The molecule has 0 fully saturated rings. The highest BCUT2D eigenvalue weighted by Gasteiger charge is 1.99. The van der Waals surface area contributed by atoms with Gasteiger partial charge in [-0.15, -0.1) is 0 Å². The summed E-state index contributed by atoms with van der Waals surface area (Å²) in [5.74, 6) is 0. The molecule has 92 valence electrons. The maximum Gasteiger partial charge on any atom is 0.0596 e. The van der Waals surface area contributed by atoms with E-state index in [1.54, 1.807) is 0 Å². The molecule has 0 saturated carbocycles. The van der Waals surface area contributed by atoms with E-state index in [1.165, 1.54) is 5.69 Å². The molecule has 0 amide bonds. The summed E-state index contributed by atoms with van der Waals surface area (Å²) in [4.78, 5) is 0. The quantitative estimate of drug-likeness (QED) is 0.682. The average molecular weight is 225 g/mol. The molecule has 4 heteroatoms. The lowest BCUT2D eigenvalue weighted by Crippen LogP contribution is -2.22. The van der Waals surface area contributed by atoms with Gasteiger partial charge in [0, 0.05) is 25.4 Å². The van der Waals surface area contributed by atoms with E-state index in [0.717, 1.165) is 45.0 Å². The molecule has 16 heavy (non-hydrogen) atoms. The van der Waals surface area contributed by atoms with E-state index in [1.807, 2.05) is 13.8 Å². The van der Waals surface area contributed by atoms with Gasteiger partial charge in [0.25, 0.3) is 0 Å². The lowest BCUT2D eigenvalue weighted by molar-refractivity contribution is 0.149. The van der Waals surface area contributed by atoms with E-state index in [-0.39, 0.29) is 0 Å². The minimum atomic E-state index is 0.799. The minimum absolute atomic E-state index is 0.799. The monoisotopic (exact) mass is 225 g/mol. The number of nitrogens with zero attached hydrogens (tertiary/aromatic N) is 2. The molecule has 4 nitrogen and oxygen atoms in total. The summed E-state index contributed by atoms with van der Waals surface area (Å²) in [7, 11) is 0. The van der Waals surface area contributed by atoms with Crippen LogP contribution in [0.15, 0.2) is 6.07 Å². The van der Waals surface area contributed by atoms with Crippen LogP contribution in [-0.4, -0.2) is 36.1 Å². The fourth-order valence-corrected chi connectivity index (χ4v) is 1.67. The van der Waals surface area contributed by atoms with Gasteiger partial charge in [0.15, 0.2) is 0 Å². The lowest BCUT2D eigenvalue weighted by atomic mass is 10.4. The summed E-state index contributed by atoms with van der Waals surface area (Å²) >= 11 is 0. The second-order valence-corrected chi connectivity index (χ2v) is 3.95. The van der Waals surface area contributed by atoms with Gasteiger partial charge in [0.05, 0.1) is 12.3 Å². The Balaban J connectivity index is 2.05. The lowest BCUT2D eigenvalue weighted by Gasteiger charge is -2.06. The molecule has 0 atom stereocenters. The van der Waals surface area contributed by atoms with Crippen LogP contribution in [0.4, 0.5) is 0 Å². The third-order valence-corrected chi connectivity index (χ3v) is 2.45. The minimum Gasteiger partial charge on any atom is -0.380 e. The maximum atomic E-state index is 5.24. The van der Waals surface area contributed by atoms with Crippen LogP contribution in [0, 0.1) is 13.8 Å². The Hall–Kier alpha value is -0.870. The standard InChI is InChI=1S/C12H23N3O/c1-4-16-9-7-13-6-5-8-15-12(3)10-11(2)14-15/h10,13H,4-9H2,1-3H3. The molecule has 1 aromatic heterocycles. The summed E-state index contributed by atoms with van der Waals surface area (Å²) in [6, 6.07) is 2.11. The van der Waals surface area contributed by atoms with Crippen molar-refractivity contribution in [2.24, 2.45) is 0 Å². The zero-order valence-electron chi connectivity index (χ0n) is 10.6. The molecule has 1 N–H and O–H groups in total. The largest absolute Gasteiger partial charge is 0.380 e. The Morgan fingerprint density at radius 1 is 1.38 bits per heavy atom. The second kappa shape index (κ2) is 7.41. The number of aryl methyl sites for hydroxylation is 3. The van der Waals surface area contributed by atoms with Crippen LogP contribution in [0.2, 0.25) is 0 Å².